The van der Waals surface area contributed by atoms with E-state index in [1.54, 1.807) is 0 Å². The van der Waals surface area contributed by atoms with Crippen LogP contribution in [0.3, 0.4) is 0 Å². The number of amides is 2. The van der Waals surface area contributed by atoms with Gasteiger partial charge >= 0.3 is 0 Å². The molecule has 1 aliphatic carbocycles. The van der Waals surface area contributed by atoms with Crippen molar-refractivity contribution >= 4 is 11.8 Å². The Balaban J connectivity index is 1.29. The van der Waals surface area contributed by atoms with Gasteiger partial charge in [-0.2, -0.15) is 0 Å². The lowest BCUT2D eigenvalue weighted by Gasteiger charge is -2.37. The highest BCUT2D eigenvalue weighted by atomic mass is 16.5. The number of carbonyl (C=O) groups is 2. The largest absolute Gasteiger partial charge is 0.394 e. The fourth-order valence-corrected chi connectivity index (χ4v) is 4.13. The summed E-state index contributed by atoms with van der Waals surface area (Å²) in [5.74, 6) is 0.320. The summed E-state index contributed by atoms with van der Waals surface area (Å²) in [6, 6.07) is 8.11. The van der Waals surface area contributed by atoms with Gasteiger partial charge in [0.25, 0.3) is 0 Å². The molecule has 2 heterocycles. The molecule has 6 nitrogen and oxygen atoms in total. The van der Waals surface area contributed by atoms with E-state index in [1.807, 2.05) is 17.0 Å². The first-order valence-electron chi connectivity index (χ1n) is 10.1. The Bertz CT molecular complexity index is 703. The zero-order chi connectivity index (χ0) is 18.8. The van der Waals surface area contributed by atoms with E-state index in [9.17, 15) is 14.7 Å². The highest BCUT2D eigenvalue weighted by molar-refractivity contribution is 5.81. The summed E-state index contributed by atoms with van der Waals surface area (Å²) in [6.45, 7) is 1.26. The first kappa shape index (κ1) is 18.4. The standard InChI is InChI=1S/C21H28N2O4/c24-13-19-18(22-21(26)15-5-6-15)8-7-17(27-19)11-20(25)23-10-9-14-3-1-2-4-16(14)12-23/h1-4,15,17-19,24H,5-13H2,(H,22,26)/t17-,18+,19-/m0/s1. The molecule has 1 aromatic carbocycles. The van der Waals surface area contributed by atoms with Crippen LogP contribution in [-0.2, 0) is 27.3 Å². The van der Waals surface area contributed by atoms with Gasteiger partial charge in [0.15, 0.2) is 0 Å². The summed E-state index contributed by atoms with van der Waals surface area (Å²) in [7, 11) is 0. The number of nitrogens with one attached hydrogen (secondary N) is 1. The lowest BCUT2D eigenvalue weighted by Crippen LogP contribution is -2.52. The van der Waals surface area contributed by atoms with E-state index >= 15 is 0 Å². The number of ether oxygens (including phenoxy) is 1. The summed E-state index contributed by atoms with van der Waals surface area (Å²) in [5.41, 5.74) is 2.54. The van der Waals surface area contributed by atoms with Gasteiger partial charge in [-0.1, -0.05) is 24.3 Å². The monoisotopic (exact) mass is 372 g/mol. The quantitative estimate of drug-likeness (QED) is 0.819. The molecular weight excluding hydrogens is 344 g/mol. The first-order valence-corrected chi connectivity index (χ1v) is 10.1. The van der Waals surface area contributed by atoms with Crippen molar-refractivity contribution in [3.63, 3.8) is 0 Å². The maximum Gasteiger partial charge on any atom is 0.225 e. The fraction of sp³-hybridized carbons (Fsp3) is 0.619. The minimum atomic E-state index is -0.429. The van der Waals surface area contributed by atoms with Crippen LogP contribution in [0.25, 0.3) is 0 Å². The summed E-state index contributed by atoms with van der Waals surface area (Å²) < 4.78 is 5.97. The molecule has 0 unspecified atom stereocenters. The molecular formula is C21H28N2O4. The molecule has 27 heavy (non-hydrogen) atoms. The van der Waals surface area contributed by atoms with E-state index in [0.29, 0.717) is 13.0 Å². The number of aliphatic hydroxyl groups excluding tert-OH is 1. The molecule has 0 radical (unpaired) electrons. The second-order valence-corrected chi connectivity index (χ2v) is 7.98. The Morgan fingerprint density at radius 3 is 2.67 bits per heavy atom. The Morgan fingerprint density at radius 1 is 1.15 bits per heavy atom. The first-order chi connectivity index (χ1) is 13.1. The van der Waals surface area contributed by atoms with Crippen molar-refractivity contribution in [3.05, 3.63) is 35.4 Å². The Labute approximate surface area is 159 Å². The van der Waals surface area contributed by atoms with E-state index < -0.39 is 6.10 Å². The zero-order valence-corrected chi connectivity index (χ0v) is 15.6. The molecule has 0 aromatic heterocycles. The Hall–Kier alpha value is -1.92. The molecule has 1 saturated carbocycles. The third-order valence-electron chi connectivity index (χ3n) is 5.96. The minimum absolute atomic E-state index is 0.0727. The third kappa shape index (κ3) is 4.33. The number of hydrogen-bond donors (Lipinski definition) is 2. The number of nitrogens with zero attached hydrogens (tertiary/aromatic N) is 1. The molecule has 6 heteroatoms. The number of hydrogen-bond acceptors (Lipinski definition) is 4. The third-order valence-corrected chi connectivity index (χ3v) is 5.96. The van der Waals surface area contributed by atoms with E-state index in [2.05, 4.69) is 17.4 Å². The van der Waals surface area contributed by atoms with E-state index in [-0.39, 0.29) is 36.5 Å². The zero-order valence-electron chi connectivity index (χ0n) is 15.6. The van der Waals surface area contributed by atoms with Gasteiger partial charge in [0.05, 0.1) is 25.2 Å². The number of rotatable bonds is 5. The van der Waals surface area contributed by atoms with Crippen LogP contribution in [-0.4, -0.2) is 53.2 Å². The predicted molar refractivity (Wildman–Crippen MR) is 99.8 cm³/mol. The molecule has 4 rings (SSSR count). The van der Waals surface area contributed by atoms with Crippen molar-refractivity contribution in [1.29, 1.82) is 0 Å². The van der Waals surface area contributed by atoms with Gasteiger partial charge in [-0.25, -0.2) is 0 Å². The van der Waals surface area contributed by atoms with Gasteiger partial charge in [-0.15, -0.1) is 0 Å². The van der Waals surface area contributed by atoms with Gasteiger partial charge in [-0.3, -0.25) is 9.59 Å². The van der Waals surface area contributed by atoms with Crippen molar-refractivity contribution in [2.24, 2.45) is 5.92 Å². The van der Waals surface area contributed by atoms with Gasteiger partial charge in [-0.05, 0) is 43.2 Å². The van der Waals surface area contributed by atoms with Crippen molar-refractivity contribution in [1.82, 2.24) is 10.2 Å². The smallest absolute Gasteiger partial charge is 0.225 e. The maximum atomic E-state index is 12.7. The van der Waals surface area contributed by atoms with E-state index in [1.165, 1.54) is 11.1 Å². The number of fused-ring (bicyclic) bond motifs is 1. The lowest BCUT2D eigenvalue weighted by molar-refractivity contribution is -0.143. The van der Waals surface area contributed by atoms with Crippen molar-refractivity contribution in [3.8, 4) is 0 Å². The van der Waals surface area contributed by atoms with Crippen molar-refractivity contribution < 1.29 is 19.4 Å². The topological polar surface area (TPSA) is 78.9 Å². The molecule has 2 N–H and O–H groups in total. The fourth-order valence-electron chi connectivity index (χ4n) is 4.13. The van der Waals surface area contributed by atoms with E-state index in [0.717, 1.165) is 38.6 Å². The minimum Gasteiger partial charge on any atom is -0.394 e. The van der Waals surface area contributed by atoms with Gasteiger partial charge in [0, 0.05) is 19.0 Å². The second kappa shape index (κ2) is 7.98. The second-order valence-electron chi connectivity index (χ2n) is 7.98. The van der Waals surface area contributed by atoms with Gasteiger partial charge in [0.2, 0.25) is 11.8 Å². The maximum absolute atomic E-state index is 12.7. The van der Waals surface area contributed by atoms with Crippen LogP contribution >= 0.6 is 0 Å². The van der Waals surface area contributed by atoms with Crippen LogP contribution in [0.2, 0.25) is 0 Å². The molecule has 1 aromatic rings. The summed E-state index contributed by atoms with van der Waals surface area (Å²) >= 11 is 0. The Morgan fingerprint density at radius 2 is 1.93 bits per heavy atom. The predicted octanol–water partition coefficient (Wildman–Crippen LogP) is 1.40. The average molecular weight is 372 g/mol. The van der Waals surface area contributed by atoms with Crippen LogP contribution in [0.5, 0.6) is 0 Å². The molecule has 2 amide bonds. The molecule has 3 aliphatic rings. The summed E-state index contributed by atoms with van der Waals surface area (Å²) in [4.78, 5) is 26.6. The summed E-state index contributed by atoms with van der Waals surface area (Å²) in [5, 5.41) is 12.7. The van der Waals surface area contributed by atoms with Crippen LogP contribution in [0.15, 0.2) is 24.3 Å². The Kier molecular flexibility index (Phi) is 5.45. The van der Waals surface area contributed by atoms with Crippen LogP contribution in [0, 0.1) is 5.92 Å². The van der Waals surface area contributed by atoms with Crippen LogP contribution in [0.4, 0.5) is 0 Å². The van der Waals surface area contributed by atoms with Gasteiger partial charge < -0.3 is 20.1 Å². The number of aliphatic hydroxyl groups is 1. The molecule has 1 saturated heterocycles. The molecule has 2 fully saturated rings. The van der Waals surface area contributed by atoms with Crippen LogP contribution in [0.1, 0.15) is 43.2 Å². The molecule has 0 spiro atoms. The lowest BCUT2D eigenvalue weighted by atomic mass is 9.95. The summed E-state index contributed by atoms with van der Waals surface area (Å²) in [6.07, 6.45) is 3.98. The average Bonchev–Trinajstić information content (AvgIpc) is 3.54. The number of benzene rings is 1. The van der Waals surface area contributed by atoms with Crippen LogP contribution < -0.4 is 5.32 Å². The van der Waals surface area contributed by atoms with Gasteiger partial charge in [0.1, 0.15) is 6.10 Å². The van der Waals surface area contributed by atoms with Crippen molar-refractivity contribution in [2.75, 3.05) is 13.2 Å². The highest BCUT2D eigenvalue weighted by Gasteiger charge is 2.37. The molecule has 2 aliphatic heterocycles. The van der Waals surface area contributed by atoms with Crippen molar-refractivity contribution in [2.45, 2.75) is 63.3 Å². The number of carbonyl (C=O) groups excluding carboxylic acids is 2. The SMILES string of the molecule is O=C(N[C@@H]1CC[C@@H](CC(=O)N2CCc3ccccc3C2)O[C@H]1CO)C1CC1. The molecule has 3 atom stereocenters. The molecule has 0 bridgehead atoms. The van der Waals surface area contributed by atoms with E-state index in [4.69, 9.17) is 4.74 Å². The highest BCUT2D eigenvalue weighted by Crippen LogP contribution is 2.30. The molecule has 146 valence electrons. The normalized spacial score (nSPS) is 27.7.